The van der Waals surface area contributed by atoms with Crippen molar-refractivity contribution in [3.8, 4) is 11.5 Å². The standard InChI is InChI=1S/C14H13ClN3O.BF4/c1-18(2)11-5-8-13(17-16)14(9-11)19-12-6-3-10(15)4-7-12;2-1(3,4)5/h3-9H,1-2H3;/q+1;-1. The fourth-order valence-corrected chi connectivity index (χ4v) is 1.70. The minimum absolute atomic E-state index is 0.376. The second kappa shape index (κ2) is 8.40. The number of anilines is 1. The highest BCUT2D eigenvalue weighted by atomic mass is 35.5. The van der Waals surface area contributed by atoms with Gasteiger partial charge in [-0.2, -0.15) is 0 Å². The van der Waals surface area contributed by atoms with Crippen LogP contribution in [0.2, 0.25) is 5.02 Å². The lowest BCUT2D eigenvalue weighted by molar-refractivity contribution is 0.368. The van der Waals surface area contributed by atoms with Crippen molar-refractivity contribution in [2.45, 2.75) is 0 Å². The largest absolute Gasteiger partial charge is 0.673 e. The van der Waals surface area contributed by atoms with Crippen molar-refractivity contribution in [1.29, 1.82) is 5.39 Å². The molecule has 0 N–H and O–H groups in total. The van der Waals surface area contributed by atoms with E-state index in [1.807, 2.05) is 31.1 Å². The van der Waals surface area contributed by atoms with E-state index in [4.69, 9.17) is 21.7 Å². The highest BCUT2D eigenvalue weighted by Gasteiger charge is 2.20. The van der Waals surface area contributed by atoms with Crippen molar-refractivity contribution >= 4 is 30.2 Å². The van der Waals surface area contributed by atoms with Crippen LogP contribution in [0.25, 0.3) is 4.98 Å². The molecule has 128 valence electrons. The number of benzene rings is 2. The van der Waals surface area contributed by atoms with E-state index in [2.05, 4.69) is 4.98 Å². The zero-order valence-electron chi connectivity index (χ0n) is 12.8. The normalized spacial score (nSPS) is 10.2. The molecule has 0 amide bonds. The molecule has 0 unspecified atom stereocenters. The Labute approximate surface area is 141 Å². The van der Waals surface area contributed by atoms with Gasteiger partial charge in [-0.25, -0.2) is 0 Å². The molecule has 0 spiro atoms. The van der Waals surface area contributed by atoms with Crippen molar-refractivity contribution in [1.82, 2.24) is 0 Å². The Morgan fingerprint density at radius 3 is 2.04 bits per heavy atom. The van der Waals surface area contributed by atoms with Gasteiger partial charge >= 0.3 is 12.9 Å². The zero-order chi connectivity index (χ0) is 18.3. The van der Waals surface area contributed by atoms with Gasteiger partial charge in [-0.3, -0.25) is 0 Å². The van der Waals surface area contributed by atoms with Gasteiger partial charge in [0, 0.05) is 36.9 Å². The Morgan fingerprint density at radius 2 is 1.58 bits per heavy atom. The Morgan fingerprint density at radius 1 is 1.04 bits per heavy atom. The van der Waals surface area contributed by atoms with Crippen LogP contribution < -0.4 is 9.64 Å². The van der Waals surface area contributed by atoms with Crippen LogP contribution in [-0.2, 0) is 0 Å². The molecule has 0 heterocycles. The third kappa shape index (κ3) is 7.20. The van der Waals surface area contributed by atoms with E-state index in [0.29, 0.717) is 22.2 Å². The van der Waals surface area contributed by atoms with Crippen molar-refractivity contribution < 1.29 is 22.0 Å². The van der Waals surface area contributed by atoms with E-state index in [-0.39, 0.29) is 0 Å². The summed E-state index contributed by atoms with van der Waals surface area (Å²) in [6, 6.07) is 12.3. The Kier molecular flexibility index (Phi) is 6.86. The number of hydrogen-bond acceptors (Lipinski definition) is 3. The summed E-state index contributed by atoms with van der Waals surface area (Å²) in [6.45, 7) is 0. The number of ether oxygens (including phenoxy) is 1. The highest BCUT2D eigenvalue weighted by molar-refractivity contribution is 6.50. The number of halogens is 5. The number of rotatable bonds is 3. The lowest BCUT2D eigenvalue weighted by atomic mass is 10.2. The summed E-state index contributed by atoms with van der Waals surface area (Å²) in [5.41, 5.74) is 1.33. The monoisotopic (exact) mass is 361 g/mol. The maximum absolute atomic E-state index is 9.75. The maximum atomic E-state index is 9.75. The molecule has 0 fully saturated rings. The van der Waals surface area contributed by atoms with Crippen LogP contribution in [0.4, 0.5) is 28.6 Å². The van der Waals surface area contributed by atoms with Crippen LogP contribution in [-0.4, -0.2) is 21.3 Å². The van der Waals surface area contributed by atoms with Crippen LogP contribution in [0.1, 0.15) is 0 Å². The molecule has 4 nitrogen and oxygen atoms in total. The van der Waals surface area contributed by atoms with Gasteiger partial charge in [0.25, 0.3) is 0 Å². The average Bonchev–Trinajstić information content (AvgIpc) is 2.48. The molecular weight excluding hydrogens is 348 g/mol. The van der Waals surface area contributed by atoms with Crippen LogP contribution in [0.15, 0.2) is 42.5 Å². The minimum Gasteiger partial charge on any atom is -0.449 e. The van der Waals surface area contributed by atoms with Gasteiger partial charge in [0.1, 0.15) is 5.75 Å². The number of nitrogens with zero attached hydrogens (tertiary/aromatic N) is 3. The molecule has 24 heavy (non-hydrogen) atoms. The van der Waals surface area contributed by atoms with Crippen molar-refractivity contribution in [2.75, 3.05) is 19.0 Å². The molecule has 0 bridgehead atoms. The summed E-state index contributed by atoms with van der Waals surface area (Å²) in [5, 5.41) is 9.62. The van der Waals surface area contributed by atoms with E-state index in [1.54, 1.807) is 30.3 Å². The predicted octanol–water partition coefficient (Wildman–Crippen LogP) is 5.98. The highest BCUT2D eigenvalue weighted by Crippen LogP contribution is 2.35. The molecule has 2 rings (SSSR count). The topological polar surface area (TPSA) is 40.6 Å². The molecule has 0 saturated heterocycles. The van der Waals surface area contributed by atoms with E-state index in [0.717, 1.165) is 5.69 Å². The van der Waals surface area contributed by atoms with Gasteiger partial charge < -0.3 is 26.9 Å². The summed E-state index contributed by atoms with van der Waals surface area (Å²) < 4.78 is 44.7. The first-order valence-electron chi connectivity index (χ1n) is 6.57. The summed E-state index contributed by atoms with van der Waals surface area (Å²) in [6.07, 6.45) is 0. The summed E-state index contributed by atoms with van der Waals surface area (Å²) in [4.78, 5) is 5.16. The molecule has 2 aromatic rings. The quantitative estimate of drug-likeness (QED) is 0.383. The smallest absolute Gasteiger partial charge is 0.449 e. The molecule has 0 aliphatic heterocycles. The third-order valence-corrected chi connectivity index (χ3v) is 2.86. The van der Waals surface area contributed by atoms with E-state index in [1.165, 1.54) is 0 Å². The Bertz CT molecular complexity index is 711. The molecule has 0 aromatic heterocycles. The van der Waals surface area contributed by atoms with E-state index in [9.17, 15) is 17.3 Å². The second-order valence-electron chi connectivity index (χ2n) is 4.70. The summed E-state index contributed by atoms with van der Waals surface area (Å²) in [5.74, 6) is 1.11. The fraction of sp³-hybridized carbons (Fsp3) is 0.143. The van der Waals surface area contributed by atoms with Crippen LogP contribution in [0.3, 0.4) is 0 Å². The van der Waals surface area contributed by atoms with Crippen LogP contribution in [0.5, 0.6) is 11.5 Å². The third-order valence-electron chi connectivity index (χ3n) is 2.61. The second-order valence-corrected chi connectivity index (χ2v) is 5.13. The van der Waals surface area contributed by atoms with E-state index < -0.39 is 7.25 Å². The summed E-state index contributed by atoms with van der Waals surface area (Å²) in [7, 11) is -2.14. The van der Waals surface area contributed by atoms with Crippen molar-refractivity contribution in [3.05, 3.63) is 52.5 Å². The van der Waals surface area contributed by atoms with Gasteiger partial charge in [0.15, 0.2) is 4.98 Å². The first-order valence-corrected chi connectivity index (χ1v) is 6.95. The van der Waals surface area contributed by atoms with Gasteiger partial charge in [0.05, 0.1) is 0 Å². The molecule has 0 atom stereocenters. The molecule has 0 radical (unpaired) electrons. The molecule has 10 heteroatoms. The summed E-state index contributed by atoms with van der Waals surface area (Å²) >= 11 is 5.82. The lowest BCUT2D eigenvalue weighted by Crippen LogP contribution is -2.08. The Balaban J connectivity index is 0.000000505. The van der Waals surface area contributed by atoms with E-state index >= 15 is 0 Å². The van der Waals surface area contributed by atoms with Crippen LogP contribution in [0, 0.1) is 5.39 Å². The molecule has 0 aliphatic carbocycles. The average molecular weight is 362 g/mol. The van der Waals surface area contributed by atoms with Crippen molar-refractivity contribution in [2.24, 2.45) is 0 Å². The van der Waals surface area contributed by atoms with Gasteiger partial charge in [-0.15, -0.1) is 0 Å². The maximum Gasteiger partial charge on any atom is 0.673 e. The number of diazo groups is 1. The van der Waals surface area contributed by atoms with Gasteiger partial charge in [0.2, 0.25) is 11.1 Å². The van der Waals surface area contributed by atoms with Crippen LogP contribution >= 0.6 is 11.6 Å². The molecule has 2 aromatic carbocycles. The lowest BCUT2D eigenvalue weighted by Gasteiger charge is -2.12. The Hall–Kier alpha value is -2.47. The molecular formula is C14H13BClF4N3O. The molecule has 0 saturated carbocycles. The van der Waals surface area contributed by atoms with Crippen molar-refractivity contribution in [3.63, 3.8) is 0 Å². The first-order chi connectivity index (χ1) is 11.1. The predicted molar refractivity (Wildman–Crippen MR) is 87.2 cm³/mol. The van der Waals surface area contributed by atoms with Gasteiger partial charge in [-0.1, -0.05) is 11.6 Å². The zero-order valence-corrected chi connectivity index (χ0v) is 13.5. The minimum atomic E-state index is -6.00. The molecule has 0 aliphatic rings. The van der Waals surface area contributed by atoms with Gasteiger partial charge in [-0.05, 0) is 30.3 Å². The fourth-order valence-electron chi connectivity index (χ4n) is 1.57. The first kappa shape index (κ1) is 19.6. The number of hydrogen-bond donors (Lipinski definition) is 0. The SMILES string of the molecule is CN(C)c1ccc([N+]#N)c(Oc2ccc(Cl)cc2)c1.F[B-](F)(F)F.